The molecule has 1 aliphatic heterocycles. The summed E-state index contributed by atoms with van der Waals surface area (Å²) in [5.74, 6) is 0.420. The number of rotatable bonds is 5. The third-order valence-corrected chi connectivity index (χ3v) is 5.99. The van der Waals surface area contributed by atoms with E-state index in [9.17, 15) is 9.59 Å². The van der Waals surface area contributed by atoms with Crippen LogP contribution in [0, 0.1) is 5.92 Å². The average molecular weight is 358 g/mol. The van der Waals surface area contributed by atoms with Crippen molar-refractivity contribution in [3.8, 4) is 0 Å². The highest BCUT2D eigenvalue weighted by molar-refractivity contribution is 7.09. The highest BCUT2D eigenvalue weighted by atomic mass is 32.1. The molecule has 0 spiro atoms. The van der Waals surface area contributed by atoms with Crippen molar-refractivity contribution in [1.29, 1.82) is 0 Å². The minimum atomic E-state index is -0.0916. The van der Waals surface area contributed by atoms with Gasteiger partial charge in [-0.2, -0.15) is 5.10 Å². The van der Waals surface area contributed by atoms with Gasteiger partial charge in [-0.1, -0.05) is 12.5 Å². The summed E-state index contributed by atoms with van der Waals surface area (Å²) in [6.45, 7) is 1.72. The number of amides is 2. The maximum absolute atomic E-state index is 12.6. The fourth-order valence-corrected chi connectivity index (χ4v) is 4.15. The van der Waals surface area contributed by atoms with Crippen LogP contribution in [-0.4, -0.2) is 33.0 Å². The Labute approximate surface area is 150 Å². The largest absolute Gasteiger partial charge is 0.351 e. The van der Waals surface area contributed by atoms with Crippen molar-refractivity contribution in [2.45, 2.75) is 44.8 Å². The van der Waals surface area contributed by atoms with Gasteiger partial charge in [-0.05, 0) is 30.4 Å². The molecular formula is C18H22N4O2S. The van der Waals surface area contributed by atoms with Crippen LogP contribution < -0.4 is 5.32 Å². The predicted octanol–water partition coefficient (Wildman–Crippen LogP) is 2.33. The summed E-state index contributed by atoms with van der Waals surface area (Å²) in [5.41, 5.74) is 1.01. The summed E-state index contributed by atoms with van der Waals surface area (Å²) in [6.07, 6.45) is 5.25. The molecule has 3 heterocycles. The second kappa shape index (κ2) is 7.00. The molecule has 2 aromatic rings. The highest BCUT2D eigenvalue weighted by Crippen LogP contribution is 2.31. The quantitative estimate of drug-likeness (QED) is 0.892. The van der Waals surface area contributed by atoms with E-state index in [0.717, 1.165) is 29.8 Å². The molecule has 1 atom stereocenters. The maximum Gasteiger partial charge on any atom is 0.226 e. The molecule has 25 heavy (non-hydrogen) atoms. The summed E-state index contributed by atoms with van der Waals surface area (Å²) in [6, 6.07) is 5.84. The fourth-order valence-electron chi connectivity index (χ4n) is 3.50. The van der Waals surface area contributed by atoms with E-state index in [-0.39, 0.29) is 23.8 Å². The zero-order valence-electron chi connectivity index (χ0n) is 14.1. The van der Waals surface area contributed by atoms with Gasteiger partial charge in [0.05, 0.1) is 31.2 Å². The molecule has 2 aliphatic rings. The summed E-state index contributed by atoms with van der Waals surface area (Å²) >= 11 is 1.63. The van der Waals surface area contributed by atoms with E-state index in [1.54, 1.807) is 17.5 Å². The van der Waals surface area contributed by atoms with Crippen molar-refractivity contribution in [3.63, 3.8) is 0 Å². The van der Waals surface area contributed by atoms with E-state index in [1.165, 1.54) is 0 Å². The molecule has 7 heteroatoms. The second-order valence-electron chi connectivity index (χ2n) is 6.83. The number of nitrogens with one attached hydrogen (secondary N) is 1. The van der Waals surface area contributed by atoms with E-state index >= 15 is 0 Å². The zero-order valence-corrected chi connectivity index (χ0v) is 14.9. The van der Waals surface area contributed by atoms with E-state index in [4.69, 9.17) is 0 Å². The third kappa shape index (κ3) is 3.46. The number of fused-ring (bicyclic) bond motifs is 1. The molecule has 132 valence electrons. The number of hydrogen-bond donors (Lipinski definition) is 1. The van der Waals surface area contributed by atoms with Crippen LogP contribution in [0.2, 0.25) is 0 Å². The monoisotopic (exact) mass is 358 g/mol. The van der Waals surface area contributed by atoms with E-state index < -0.39 is 0 Å². The molecule has 0 bridgehead atoms. The van der Waals surface area contributed by atoms with E-state index in [1.807, 2.05) is 33.2 Å². The number of carbonyl (C=O) groups is 2. The van der Waals surface area contributed by atoms with Crippen LogP contribution in [0.4, 0.5) is 0 Å². The van der Waals surface area contributed by atoms with E-state index in [2.05, 4.69) is 10.4 Å². The Balaban J connectivity index is 1.40. The van der Waals surface area contributed by atoms with Crippen molar-refractivity contribution < 1.29 is 9.59 Å². The standard InChI is InChI=1S/C18H22N4O2S/c23-17(19-10-16-5-2-8-25-16)9-15-12-21(18(24)13-3-1-4-13)11-14-6-7-20-22(14)15/h2,5-8,13,15H,1,3-4,9-12H2,(H,19,23)/t15-/m0/s1. The van der Waals surface area contributed by atoms with Gasteiger partial charge in [0.15, 0.2) is 0 Å². The first-order chi connectivity index (χ1) is 12.2. The summed E-state index contributed by atoms with van der Waals surface area (Å²) in [7, 11) is 0. The molecule has 1 aliphatic carbocycles. The summed E-state index contributed by atoms with van der Waals surface area (Å²) < 4.78 is 1.91. The van der Waals surface area contributed by atoms with Gasteiger partial charge >= 0.3 is 0 Å². The van der Waals surface area contributed by atoms with Gasteiger partial charge in [-0.3, -0.25) is 14.3 Å². The lowest BCUT2D eigenvalue weighted by atomic mass is 9.84. The molecule has 4 rings (SSSR count). The molecule has 2 aromatic heterocycles. The Morgan fingerprint density at radius 3 is 2.92 bits per heavy atom. The molecule has 0 radical (unpaired) electrons. The van der Waals surface area contributed by atoms with Gasteiger partial charge in [0.1, 0.15) is 0 Å². The normalized spacial score (nSPS) is 20.0. The molecule has 2 amide bonds. The number of nitrogens with zero attached hydrogens (tertiary/aromatic N) is 3. The molecule has 6 nitrogen and oxygen atoms in total. The number of carbonyl (C=O) groups excluding carboxylic acids is 2. The average Bonchev–Trinajstić information content (AvgIpc) is 3.22. The SMILES string of the molecule is O=C(C[C@H]1CN(C(=O)C2CCC2)Cc2ccnn21)NCc1cccs1. The Bertz CT molecular complexity index is 751. The number of thiophene rings is 1. The van der Waals surface area contributed by atoms with Crippen molar-refractivity contribution in [1.82, 2.24) is 20.0 Å². The fraction of sp³-hybridized carbons (Fsp3) is 0.500. The lowest BCUT2D eigenvalue weighted by Gasteiger charge is -2.37. The molecule has 0 unspecified atom stereocenters. The van der Waals surface area contributed by atoms with Crippen LogP contribution in [0.5, 0.6) is 0 Å². The minimum absolute atomic E-state index is 0.00204. The first-order valence-corrected chi connectivity index (χ1v) is 9.69. The predicted molar refractivity (Wildman–Crippen MR) is 94.8 cm³/mol. The lowest BCUT2D eigenvalue weighted by molar-refractivity contribution is -0.141. The van der Waals surface area contributed by atoms with Gasteiger partial charge < -0.3 is 10.2 Å². The van der Waals surface area contributed by atoms with Crippen molar-refractivity contribution in [2.75, 3.05) is 6.54 Å². The second-order valence-corrected chi connectivity index (χ2v) is 7.86. The van der Waals surface area contributed by atoms with Gasteiger partial charge in [0.25, 0.3) is 0 Å². The van der Waals surface area contributed by atoms with Crippen LogP contribution in [0.25, 0.3) is 0 Å². The Morgan fingerprint density at radius 2 is 2.20 bits per heavy atom. The molecule has 0 saturated heterocycles. The minimum Gasteiger partial charge on any atom is -0.351 e. The summed E-state index contributed by atoms with van der Waals surface area (Å²) in [4.78, 5) is 28.0. The van der Waals surface area contributed by atoms with Crippen LogP contribution in [0.3, 0.4) is 0 Å². The molecule has 0 aromatic carbocycles. The number of hydrogen-bond acceptors (Lipinski definition) is 4. The molecule has 1 N–H and O–H groups in total. The van der Waals surface area contributed by atoms with E-state index in [0.29, 0.717) is 26.1 Å². The Morgan fingerprint density at radius 1 is 1.32 bits per heavy atom. The van der Waals surface area contributed by atoms with Crippen molar-refractivity contribution >= 4 is 23.2 Å². The Kier molecular flexibility index (Phi) is 4.57. The molecular weight excluding hydrogens is 336 g/mol. The summed E-state index contributed by atoms with van der Waals surface area (Å²) in [5, 5.41) is 9.35. The lowest BCUT2D eigenvalue weighted by Crippen LogP contribution is -2.46. The van der Waals surface area contributed by atoms with Crippen molar-refractivity contribution in [3.05, 3.63) is 40.3 Å². The third-order valence-electron chi connectivity index (χ3n) is 5.11. The molecule has 1 saturated carbocycles. The zero-order chi connectivity index (χ0) is 17.2. The first kappa shape index (κ1) is 16.3. The van der Waals surface area contributed by atoms with Crippen LogP contribution >= 0.6 is 11.3 Å². The van der Waals surface area contributed by atoms with Gasteiger partial charge in [0.2, 0.25) is 11.8 Å². The Hall–Kier alpha value is -2.15. The number of aromatic nitrogens is 2. The highest BCUT2D eigenvalue weighted by Gasteiger charge is 2.35. The topological polar surface area (TPSA) is 67.2 Å². The first-order valence-electron chi connectivity index (χ1n) is 8.81. The maximum atomic E-state index is 12.6. The molecule has 1 fully saturated rings. The smallest absolute Gasteiger partial charge is 0.226 e. The van der Waals surface area contributed by atoms with Gasteiger partial charge in [-0.25, -0.2) is 0 Å². The van der Waals surface area contributed by atoms with Crippen molar-refractivity contribution in [2.24, 2.45) is 5.92 Å². The van der Waals surface area contributed by atoms with Crippen LogP contribution in [0.15, 0.2) is 29.8 Å². The van der Waals surface area contributed by atoms with Crippen LogP contribution in [-0.2, 0) is 22.7 Å². The van der Waals surface area contributed by atoms with Gasteiger partial charge in [0, 0.05) is 23.5 Å². The van der Waals surface area contributed by atoms with Gasteiger partial charge in [-0.15, -0.1) is 11.3 Å². The van der Waals surface area contributed by atoms with Crippen LogP contribution in [0.1, 0.15) is 42.3 Å².